The van der Waals surface area contributed by atoms with Crippen LogP contribution in [0, 0.1) is 0 Å². The lowest BCUT2D eigenvalue weighted by atomic mass is 10.3. The molecule has 1 N–H and O–H groups in total. The zero-order valence-electron chi connectivity index (χ0n) is 16.4. The number of anilines is 1. The summed E-state index contributed by atoms with van der Waals surface area (Å²) in [6, 6.07) is 15.5. The molecule has 30 heavy (non-hydrogen) atoms. The molecule has 1 amide bonds. The fraction of sp³-hybridized carbons (Fsp3) is 0.286. The predicted octanol–water partition coefficient (Wildman–Crippen LogP) is 5.30. The molecule has 1 saturated carbocycles. The minimum Gasteiger partial charge on any atom is -0.484 e. The Hall–Kier alpha value is -2.16. The van der Waals surface area contributed by atoms with Gasteiger partial charge in [-0.3, -0.25) is 9.36 Å². The van der Waals surface area contributed by atoms with Gasteiger partial charge in [0.15, 0.2) is 11.0 Å². The van der Waals surface area contributed by atoms with Crippen LogP contribution in [0.15, 0.2) is 58.6 Å². The lowest BCUT2D eigenvalue weighted by Gasteiger charge is -2.11. The lowest BCUT2D eigenvalue weighted by Crippen LogP contribution is -2.15. The second-order valence-corrected chi connectivity index (χ2v) is 9.02. The zero-order valence-corrected chi connectivity index (χ0v) is 18.8. The van der Waals surface area contributed by atoms with E-state index in [2.05, 4.69) is 20.1 Å². The van der Waals surface area contributed by atoms with Crippen LogP contribution >= 0.6 is 35.1 Å². The molecule has 0 unspecified atom stereocenters. The van der Waals surface area contributed by atoms with Crippen molar-refractivity contribution in [3.05, 3.63) is 59.4 Å². The molecule has 6 nitrogen and oxygen atoms in total. The highest BCUT2D eigenvalue weighted by atomic mass is 35.5. The van der Waals surface area contributed by atoms with Gasteiger partial charge >= 0.3 is 0 Å². The van der Waals surface area contributed by atoms with E-state index in [0.717, 1.165) is 34.4 Å². The van der Waals surface area contributed by atoms with E-state index in [1.54, 1.807) is 17.8 Å². The molecule has 0 radical (unpaired) electrons. The number of thioether (sulfide) groups is 2. The Labute approximate surface area is 188 Å². The summed E-state index contributed by atoms with van der Waals surface area (Å²) in [5.41, 5.74) is 0.796. The topological polar surface area (TPSA) is 69.0 Å². The van der Waals surface area contributed by atoms with Gasteiger partial charge < -0.3 is 10.1 Å². The third-order valence-electron chi connectivity index (χ3n) is 4.53. The van der Waals surface area contributed by atoms with E-state index in [4.69, 9.17) is 16.3 Å². The minimum absolute atomic E-state index is 0.0718. The van der Waals surface area contributed by atoms with E-state index in [1.807, 2.05) is 48.7 Å². The van der Waals surface area contributed by atoms with Crippen LogP contribution in [0.3, 0.4) is 0 Å². The summed E-state index contributed by atoms with van der Waals surface area (Å²) in [6.07, 6.45) is 4.17. The van der Waals surface area contributed by atoms with Gasteiger partial charge in [0.25, 0.3) is 0 Å². The Morgan fingerprint density at radius 2 is 2.07 bits per heavy atom. The molecule has 1 aliphatic rings. The number of amides is 1. The number of carbonyl (C=O) groups is 1. The van der Waals surface area contributed by atoms with Crippen LogP contribution in [-0.4, -0.2) is 32.7 Å². The highest BCUT2D eigenvalue weighted by Gasteiger charge is 2.30. The molecule has 1 heterocycles. The van der Waals surface area contributed by atoms with Crippen molar-refractivity contribution in [1.82, 2.24) is 14.8 Å². The first-order chi connectivity index (χ1) is 14.6. The molecular formula is C21H21ClN4O2S2. The number of rotatable bonds is 9. The molecule has 1 aromatic heterocycles. The average molecular weight is 461 g/mol. The first-order valence-corrected chi connectivity index (χ1v) is 12.1. The van der Waals surface area contributed by atoms with Crippen molar-refractivity contribution in [2.45, 2.75) is 35.5 Å². The average Bonchev–Trinajstić information content (AvgIpc) is 3.51. The van der Waals surface area contributed by atoms with E-state index in [1.165, 1.54) is 11.8 Å². The Balaban J connectivity index is 1.38. The summed E-state index contributed by atoms with van der Waals surface area (Å²) in [7, 11) is 0. The van der Waals surface area contributed by atoms with Crippen molar-refractivity contribution < 1.29 is 9.53 Å². The van der Waals surface area contributed by atoms with Gasteiger partial charge in [-0.05, 0) is 49.4 Å². The van der Waals surface area contributed by atoms with Crippen LogP contribution in [0.5, 0.6) is 5.75 Å². The normalized spacial score (nSPS) is 13.3. The second kappa shape index (κ2) is 9.76. The van der Waals surface area contributed by atoms with E-state index in [-0.39, 0.29) is 18.3 Å². The highest BCUT2D eigenvalue weighted by molar-refractivity contribution is 7.99. The predicted molar refractivity (Wildman–Crippen MR) is 122 cm³/mol. The third kappa shape index (κ3) is 5.30. The molecule has 1 fully saturated rings. The van der Waals surface area contributed by atoms with Crippen LogP contribution in [0.25, 0.3) is 0 Å². The number of carbonyl (C=O) groups excluding carboxylic acids is 1. The fourth-order valence-electron chi connectivity index (χ4n) is 2.94. The molecule has 0 bridgehead atoms. The summed E-state index contributed by atoms with van der Waals surface area (Å²) in [6.45, 7) is 0.279. The molecule has 156 valence electrons. The number of benzene rings is 2. The molecule has 0 saturated heterocycles. The summed E-state index contributed by atoms with van der Waals surface area (Å²) < 4.78 is 7.92. The minimum atomic E-state index is -0.0718. The van der Waals surface area contributed by atoms with E-state index in [0.29, 0.717) is 16.8 Å². The van der Waals surface area contributed by atoms with Gasteiger partial charge in [0.05, 0.1) is 10.8 Å². The van der Waals surface area contributed by atoms with Crippen LogP contribution in [-0.2, 0) is 11.4 Å². The molecular weight excluding hydrogens is 440 g/mol. The monoisotopic (exact) mass is 460 g/mol. The maximum atomic E-state index is 12.4. The molecule has 0 atom stereocenters. The highest BCUT2D eigenvalue weighted by Crippen LogP contribution is 2.39. The van der Waals surface area contributed by atoms with Crippen LogP contribution in [0.1, 0.15) is 24.7 Å². The molecule has 0 aliphatic heterocycles. The largest absolute Gasteiger partial charge is 0.484 e. The third-order valence-corrected chi connectivity index (χ3v) is 6.51. The summed E-state index contributed by atoms with van der Waals surface area (Å²) in [5, 5.41) is 12.8. The van der Waals surface area contributed by atoms with Crippen LogP contribution in [0.2, 0.25) is 5.02 Å². The smallest absolute Gasteiger partial charge is 0.234 e. The first kappa shape index (κ1) is 21.1. The number of nitrogens with one attached hydrogen (secondary N) is 1. The summed E-state index contributed by atoms with van der Waals surface area (Å²) in [4.78, 5) is 13.5. The van der Waals surface area contributed by atoms with Crippen molar-refractivity contribution >= 4 is 46.7 Å². The summed E-state index contributed by atoms with van der Waals surface area (Å²) >= 11 is 9.19. The lowest BCUT2D eigenvalue weighted by molar-refractivity contribution is -0.113. The number of ether oxygens (including phenoxy) is 1. The van der Waals surface area contributed by atoms with Crippen molar-refractivity contribution in [3.8, 4) is 5.75 Å². The Morgan fingerprint density at radius 1 is 1.23 bits per heavy atom. The molecule has 3 aromatic rings. The van der Waals surface area contributed by atoms with Crippen LogP contribution < -0.4 is 10.1 Å². The molecule has 0 spiro atoms. The van der Waals surface area contributed by atoms with Gasteiger partial charge in [-0.2, -0.15) is 0 Å². The van der Waals surface area contributed by atoms with Gasteiger partial charge in [0.2, 0.25) is 5.91 Å². The number of para-hydroxylation sites is 1. The molecule has 2 aromatic carbocycles. The van der Waals surface area contributed by atoms with Crippen molar-refractivity contribution in [2.24, 2.45) is 0 Å². The van der Waals surface area contributed by atoms with Crippen molar-refractivity contribution in [2.75, 3.05) is 17.3 Å². The van der Waals surface area contributed by atoms with Crippen molar-refractivity contribution in [1.29, 1.82) is 0 Å². The Morgan fingerprint density at radius 3 is 2.83 bits per heavy atom. The van der Waals surface area contributed by atoms with Gasteiger partial charge in [-0.25, -0.2) is 0 Å². The van der Waals surface area contributed by atoms with Crippen molar-refractivity contribution in [3.63, 3.8) is 0 Å². The fourth-order valence-corrected chi connectivity index (χ4v) is 4.41. The number of hydrogen-bond donors (Lipinski definition) is 1. The number of hydrogen-bond acceptors (Lipinski definition) is 6. The summed E-state index contributed by atoms with van der Waals surface area (Å²) in [5.74, 6) is 1.55. The molecule has 4 rings (SSSR count). The quantitative estimate of drug-likeness (QED) is 0.437. The van der Waals surface area contributed by atoms with Crippen LogP contribution in [0.4, 0.5) is 5.69 Å². The van der Waals surface area contributed by atoms with E-state index in [9.17, 15) is 4.79 Å². The molecule has 9 heteroatoms. The van der Waals surface area contributed by atoms with Gasteiger partial charge in [0, 0.05) is 16.6 Å². The zero-order chi connectivity index (χ0) is 20.9. The van der Waals surface area contributed by atoms with E-state index >= 15 is 0 Å². The SMILES string of the molecule is CSc1cccc(NC(=O)CSc2nnc(COc3ccccc3Cl)n2C2CC2)c1. The first-order valence-electron chi connectivity index (χ1n) is 9.52. The maximum Gasteiger partial charge on any atom is 0.234 e. The van der Waals surface area contributed by atoms with Gasteiger partial charge in [-0.15, -0.1) is 22.0 Å². The Kier molecular flexibility index (Phi) is 6.86. The molecule has 1 aliphatic carbocycles. The van der Waals surface area contributed by atoms with E-state index < -0.39 is 0 Å². The number of nitrogens with zero attached hydrogens (tertiary/aromatic N) is 3. The number of aromatic nitrogens is 3. The Bertz CT molecular complexity index is 1040. The second-order valence-electron chi connectivity index (χ2n) is 6.79. The van der Waals surface area contributed by atoms with Gasteiger partial charge in [-0.1, -0.05) is 41.6 Å². The maximum absolute atomic E-state index is 12.4. The standard InChI is InChI=1S/C21H21ClN4O2S2/c1-29-16-6-4-5-14(11-16)23-20(27)13-30-21-25-24-19(26(21)15-9-10-15)12-28-18-8-3-2-7-17(18)22/h2-8,11,15H,9-10,12-13H2,1H3,(H,23,27). The van der Waals surface area contributed by atoms with Gasteiger partial charge in [0.1, 0.15) is 12.4 Å². The number of halogens is 1.